The third kappa shape index (κ3) is 6.01. The van der Waals surface area contributed by atoms with Gasteiger partial charge in [0.15, 0.2) is 0 Å². The number of aliphatic hydroxyl groups is 2. The number of amides is 2. The number of hydrogen-bond donors (Lipinski definition) is 3. The number of rotatable bonds is 9. The van der Waals surface area contributed by atoms with Crippen molar-refractivity contribution < 1.29 is 24.5 Å². The zero-order valence-electron chi connectivity index (χ0n) is 21.4. The quantitative estimate of drug-likeness (QED) is 0.364. The number of ether oxygens (including phenoxy) is 1. The fraction of sp³-hybridized carbons (Fsp3) is 0.655. The van der Waals surface area contributed by atoms with Gasteiger partial charge in [0.25, 0.3) is 0 Å². The number of para-hydroxylation sites is 1. The van der Waals surface area contributed by atoms with Crippen LogP contribution in [0.5, 0.6) is 5.75 Å². The Morgan fingerprint density at radius 1 is 1.11 bits per heavy atom. The van der Waals surface area contributed by atoms with E-state index in [4.69, 9.17) is 4.74 Å². The highest BCUT2D eigenvalue weighted by atomic mass is 127. The first kappa shape index (κ1) is 26.9. The predicted octanol–water partition coefficient (Wildman–Crippen LogP) is 3.80. The van der Waals surface area contributed by atoms with Crippen molar-refractivity contribution in [3.63, 3.8) is 0 Å². The molecule has 6 atom stereocenters. The maximum atomic E-state index is 14.0. The molecule has 8 heteroatoms. The second-order valence-electron chi connectivity index (χ2n) is 11.3. The largest absolute Gasteiger partial charge is 0.482 e. The minimum absolute atomic E-state index is 0.0862. The topological polar surface area (TPSA) is 99.1 Å². The van der Waals surface area contributed by atoms with E-state index < -0.39 is 18.2 Å². The van der Waals surface area contributed by atoms with Crippen LogP contribution in [0.1, 0.15) is 64.2 Å². The lowest BCUT2D eigenvalue weighted by Gasteiger charge is -2.44. The highest BCUT2D eigenvalue weighted by molar-refractivity contribution is 14.1. The summed E-state index contributed by atoms with van der Waals surface area (Å²) >= 11 is 2.20. The first-order chi connectivity index (χ1) is 17.9. The molecule has 6 unspecified atom stereocenters. The van der Waals surface area contributed by atoms with Gasteiger partial charge in [-0.2, -0.15) is 0 Å². The summed E-state index contributed by atoms with van der Waals surface area (Å²) in [5, 5.41) is 23.6. The van der Waals surface area contributed by atoms with E-state index in [9.17, 15) is 19.8 Å². The molecule has 3 saturated carbocycles. The van der Waals surface area contributed by atoms with Gasteiger partial charge in [-0.1, -0.05) is 31.4 Å². The molecule has 37 heavy (non-hydrogen) atoms. The van der Waals surface area contributed by atoms with Crippen molar-refractivity contribution >= 4 is 34.4 Å². The zero-order valence-corrected chi connectivity index (χ0v) is 23.5. The van der Waals surface area contributed by atoms with Crippen LogP contribution in [0, 0.1) is 21.3 Å². The first-order valence-electron chi connectivity index (χ1n) is 13.9. The van der Waals surface area contributed by atoms with Gasteiger partial charge in [-0.15, -0.1) is 0 Å². The Bertz CT molecular complexity index is 1010. The highest BCUT2D eigenvalue weighted by Gasteiger charge is 2.46. The molecule has 3 fully saturated rings. The van der Waals surface area contributed by atoms with E-state index in [0.717, 1.165) is 41.6 Å². The van der Waals surface area contributed by atoms with Crippen molar-refractivity contribution in [3.05, 3.63) is 39.5 Å². The lowest BCUT2D eigenvalue weighted by atomic mass is 9.84. The second-order valence-corrected chi connectivity index (χ2v) is 12.5. The van der Waals surface area contributed by atoms with Crippen molar-refractivity contribution in [2.24, 2.45) is 17.8 Å². The Balaban J connectivity index is 1.42. The summed E-state index contributed by atoms with van der Waals surface area (Å²) in [6.45, 7) is 0.00442. The van der Waals surface area contributed by atoms with Crippen LogP contribution in [0.4, 0.5) is 0 Å². The summed E-state index contributed by atoms with van der Waals surface area (Å²) in [7, 11) is 0. The van der Waals surface area contributed by atoms with Gasteiger partial charge in [0.2, 0.25) is 11.8 Å². The number of nitrogens with zero attached hydrogens (tertiary/aromatic N) is 1. The number of halogens is 1. The average Bonchev–Trinajstić information content (AvgIpc) is 3.65. The number of hydrogen-bond acceptors (Lipinski definition) is 5. The Kier molecular flexibility index (Phi) is 8.76. The lowest BCUT2D eigenvalue weighted by molar-refractivity contribution is -0.143. The Morgan fingerprint density at radius 2 is 1.89 bits per heavy atom. The standard InChI is InChI=1S/C29H39IN2O5/c30-23-7-3-4-8-25(23)37-26-16-21(29(36)31-11-12-33)15-24(28(26)35)32(22-5-1-2-6-22)27(34)17-20-14-18-9-10-19(20)13-18/h3-4,7-8,16,18-20,22,24,26,28,33,35H,1-2,5-6,9-15,17H2,(H,31,36). The summed E-state index contributed by atoms with van der Waals surface area (Å²) in [6, 6.07) is 7.15. The van der Waals surface area contributed by atoms with E-state index in [0.29, 0.717) is 29.6 Å². The minimum atomic E-state index is -0.949. The number of benzene rings is 1. The third-order valence-corrected chi connectivity index (χ3v) is 9.89. The summed E-state index contributed by atoms with van der Waals surface area (Å²) < 4.78 is 7.19. The van der Waals surface area contributed by atoms with Gasteiger partial charge in [-0.05, 0) is 90.7 Å². The minimum Gasteiger partial charge on any atom is -0.482 e. The van der Waals surface area contributed by atoms with Crippen molar-refractivity contribution in [3.8, 4) is 5.75 Å². The summed E-state index contributed by atoms with van der Waals surface area (Å²) in [5.41, 5.74) is 0.496. The van der Waals surface area contributed by atoms with Crippen LogP contribution >= 0.6 is 22.6 Å². The fourth-order valence-corrected chi connectivity index (χ4v) is 7.75. The molecule has 0 saturated heterocycles. The van der Waals surface area contributed by atoms with Gasteiger partial charge < -0.3 is 25.2 Å². The molecule has 2 bridgehead atoms. The highest BCUT2D eigenvalue weighted by Crippen LogP contribution is 2.50. The van der Waals surface area contributed by atoms with Crippen LogP contribution in [0.3, 0.4) is 0 Å². The molecule has 0 heterocycles. The summed E-state index contributed by atoms with van der Waals surface area (Å²) in [4.78, 5) is 29.0. The van der Waals surface area contributed by atoms with Crippen LogP contribution in [0.25, 0.3) is 0 Å². The number of fused-ring (bicyclic) bond motifs is 2. The van der Waals surface area contributed by atoms with Crippen LogP contribution < -0.4 is 10.1 Å². The molecule has 202 valence electrons. The molecule has 1 aromatic rings. The summed E-state index contributed by atoms with van der Waals surface area (Å²) in [5.74, 6) is 2.36. The first-order valence-corrected chi connectivity index (χ1v) is 15.0. The van der Waals surface area contributed by atoms with E-state index in [1.54, 1.807) is 6.08 Å². The molecule has 0 spiro atoms. The lowest BCUT2D eigenvalue weighted by Crippen LogP contribution is -2.58. The number of nitrogens with one attached hydrogen (secondary N) is 1. The van der Waals surface area contributed by atoms with Gasteiger partial charge in [0.1, 0.15) is 18.0 Å². The Hall–Kier alpha value is -1.65. The number of carbonyl (C=O) groups is 2. The molecular formula is C29H39IN2O5. The molecule has 4 aliphatic rings. The van der Waals surface area contributed by atoms with Crippen LogP contribution in [0.15, 0.2) is 35.9 Å². The van der Waals surface area contributed by atoms with E-state index in [2.05, 4.69) is 27.9 Å². The molecule has 5 rings (SSSR count). The molecule has 3 N–H and O–H groups in total. The Morgan fingerprint density at radius 3 is 2.57 bits per heavy atom. The van der Waals surface area contributed by atoms with Crippen LogP contribution in [-0.4, -0.2) is 64.4 Å². The fourth-order valence-electron chi connectivity index (χ4n) is 7.23. The van der Waals surface area contributed by atoms with Gasteiger partial charge in [0.05, 0.1) is 16.2 Å². The second kappa shape index (κ2) is 12.0. The third-order valence-electron chi connectivity index (χ3n) is 9.00. The molecule has 2 amide bonds. The van der Waals surface area contributed by atoms with Gasteiger partial charge >= 0.3 is 0 Å². The van der Waals surface area contributed by atoms with Gasteiger partial charge in [-0.25, -0.2) is 0 Å². The van der Waals surface area contributed by atoms with E-state index in [-0.39, 0.29) is 37.4 Å². The smallest absolute Gasteiger partial charge is 0.247 e. The average molecular weight is 623 g/mol. The van der Waals surface area contributed by atoms with E-state index in [1.165, 1.54) is 19.3 Å². The van der Waals surface area contributed by atoms with Crippen LogP contribution in [-0.2, 0) is 9.59 Å². The predicted molar refractivity (Wildman–Crippen MR) is 149 cm³/mol. The van der Waals surface area contributed by atoms with Gasteiger partial charge in [0, 0.05) is 31.0 Å². The van der Waals surface area contributed by atoms with Crippen LogP contribution in [0.2, 0.25) is 0 Å². The van der Waals surface area contributed by atoms with Crippen molar-refractivity contribution in [1.82, 2.24) is 10.2 Å². The van der Waals surface area contributed by atoms with E-state index in [1.807, 2.05) is 29.2 Å². The molecule has 4 aliphatic carbocycles. The molecule has 1 aromatic carbocycles. The normalized spacial score (nSPS) is 31.3. The molecular weight excluding hydrogens is 583 g/mol. The van der Waals surface area contributed by atoms with E-state index >= 15 is 0 Å². The SMILES string of the molecule is O=C(NCCO)C1=CC(Oc2ccccc2I)C(O)C(N(C(=O)CC2CC3CCC2C3)C2CCCC2)C1. The number of carbonyl (C=O) groups excluding carboxylic acids is 2. The van der Waals surface area contributed by atoms with Gasteiger partial charge in [-0.3, -0.25) is 9.59 Å². The van der Waals surface area contributed by atoms with Crippen molar-refractivity contribution in [2.45, 2.75) is 88.5 Å². The molecule has 7 nitrogen and oxygen atoms in total. The number of aliphatic hydroxyl groups excluding tert-OH is 2. The van der Waals surface area contributed by atoms with Crippen molar-refractivity contribution in [2.75, 3.05) is 13.2 Å². The summed E-state index contributed by atoms with van der Waals surface area (Å²) in [6.07, 6.45) is 9.78. The monoisotopic (exact) mass is 622 g/mol. The molecule has 0 aromatic heterocycles. The maximum absolute atomic E-state index is 14.0. The molecule has 0 radical (unpaired) electrons. The molecule has 0 aliphatic heterocycles. The zero-order chi connectivity index (χ0) is 25.9. The van der Waals surface area contributed by atoms with Crippen molar-refractivity contribution in [1.29, 1.82) is 0 Å². The Labute approximate surface area is 233 Å². The maximum Gasteiger partial charge on any atom is 0.247 e.